The number of hydrogen-bond acceptors (Lipinski definition) is 5. The molecule has 3 rings (SSSR count). The number of pyridine rings is 1. The quantitative estimate of drug-likeness (QED) is 0.659. The lowest BCUT2D eigenvalue weighted by Crippen LogP contribution is -2.20. The van der Waals surface area contributed by atoms with Crippen LogP contribution < -0.4 is 20.1 Å². The van der Waals surface area contributed by atoms with Gasteiger partial charge in [0.1, 0.15) is 5.82 Å². The summed E-state index contributed by atoms with van der Waals surface area (Å²) in [4.78, 5) is 16.3. The van der Waals surface area contributed by atoms with Crippen LogP contribution in [0.1, 0.15) is 5.56 Å². The molecule has 2 N–H and O–H groups in total. The first-order valence-electron chi connectivity index (χ1n) is 8.50. The van der Waals surface area contributed by atoms with E-state index in [0.717, 1.165) is 16.9 Å². The highest BCUT2D eigenvalue weighted by Crippen LogP contribution is 2.25. The number of nitrogens with one attached hydrogen (secondary N) is 2. The van der Waals surface area contributed by atoms with E-state index >= 15 is 0 Å². The molecule has 0 saturated heterocycles. The van der Waals surface area contributed by atoms with Gasteiger partial charge < -0.3 is 20.1 Å². The molecule has 0 unspecified atom stereocenters. The van der Waals surface area contributed by atoms with Gasteiger partial charge in [-0.3, -0.25) is 4.79 Å². The van der Waals surface area contributed by atoms with Crippen LogP contribution in [-0.2, 0) is 4.79 Å². The van der Waals surface area contributed by atoms with Crippen molar-refractivity contribution in [2.24, 2.45) is 0 Å². The molecule has 1 aromatic heterocycles. The van der Waals surface area contributed by atoms with Gasteiger partial charge in [0.05, 0.1) is 19.0 Å². The molecule has 0 aliphatic heterocycles. The molecule has 0 aliphatic rings. The first-order chi connectivity index (χ1) is 13.2. The Morgan fingerprint density at radius 2 is 1.74 bits per heavy atom. The molecule has 0 fully saturated rings. The lowest BCUT2D eigenvalue weighted by Gasteiger charge is -2.11. The zero-order valence-corrected chi connectivity index (χ0v) is 15.2. The average Bonchev–Trinajstić information content (AvgIpc) is 2.70. The van der Waals surface area contributed by atoms with Crippen LogP contribution in [0.2, 0.25) is 0 Å². The predicted octanol–water partition coefficient (Wildman–Crippen LogP) is 4.16. The molecule has 27 heavy (non-hydrogen) atoms. The zero-order chi connectivity index (χ0) is 19.1. The minimum Gasteiger partial charge on any atom is -0.493 e. The van der Waals surface area contributed by atoms with Crippen molar-refractivity contribution < 1.29 is 14.3 Å². The number of anilines is 3. The summed E-state index contributed by atoms with van der Waals surface area (Å²) >= 11 is 0. The molecule has 0 bridgehead atoms. The first-order valence-corrected chi connectivity index (χ1v) is 8.50. The van der Waals surface area contributed by atoms with Gasteiger partial charge in [-0.25, -0.2) is 4.98 Å². The Kier molecular flexibility index (Phi) is 5.89. The van der Waals surface area contributed by atoms with Gasteiger partial charge in [-0.2, -0.15) is 0 Å². The summed E-state index contributed by atoms with van der Waals surface area (Å²) in [6.07, 6.45) is 1.67. The molecule has 6 nitrogen and oxygen atoms in total. The van der Waals surface area contributed by atoms with Crippen LogP contribution in [0.15, 0.2) is 66.9 Å². The van der Waals surface area contributed by atoms with E-state index in [4.69, 9.17) is 9.47 Å². The Balaban J connectivity index is 1.55. The van der Waals surface area contributed by atoms with Gasteiger partial charge in [0, 0.05) is 5.69 Å². The summed E-state index contributed by atoms with van der Waals surface area (Å²) in [5.41, 5.74) is 3.00. The van der Waals surface area contributed by atoms with Crippen LogP contribution in [0.3, 0.4) is 0 Å². The molecule has 2 aromatic carbocycles. The van der Waals surface area contributed by atoms with E-state index in [0.29, 0.717) is 17.3 Å². The maximum absolute atomic E-state index is 12.1. The number of hydrogen-bond donors (Lipinski definition) is 2. The van der Waals surface area contributed by atoms with E-state index in [1.165, 1.54) is 0 Å². The summed E-state index contributed by atoms with van der Waals surface area (Å²) in [6, 6.07) is 18.8. The molecule has 1 heterocycles. The molecule has 1 amide bonds. The van der Waals surface area contributed by atoms with Crippen molar-refractivity contribution in [3.8, 4) is 11.5 Å². The number of amides is 1. The van der Waals surface area contributed by atoms with Crippen LogP contribution in [0.4, 0.5) is 17.2 Å². The standard InChI is InChI=1S/C21H21N3O3/c1-15-7-3-4-8-17(15)23-16-11-12-20(22-13-16)24-21(25)14-27-19-10-6-5-9-18(19)26-2/h3-13,23H,14H2,1-2H3,(H,22,24,25). The van der Waals surface area contributed by atoms with Crippen molar-refractivity contribution in [3.05, 3.63) is 72.4 Å². The van der Waals surface area contributed by atoms with Crippen LogP contribution in [-0.4, -0.2) is 24.6 Å². The molecule has 0 aliphatic carbocycles. The number of rotatable bonds is 7. The Morgan fingerprint density at radius 1 is 1.00 bits per heavy atom. The molecule has 138 valence electrons. The van der Waals surface area contributed by atoms with Gasteiger partial charge in [0.25, 0.3) is 5.91 Å². The van der Waals surface area contributed by atoms with Gasteiger partial charge in [0.2, 0.25) is 0 Å². The monoisotopic (exact) mass is 363 g/mol. The van der Waals surface area contributed by atoms with E-state index in [1.807, 2.05) is 49.4 Å². The van der Waals surface area contributed by atoms with Crippen molar-refractivity contribution >= 4 is 23.1 Å². The fourth-order valence-corrected chi connectivity index (χ4v) is 2.47. The fourth-order valence-electron chi connectivity index (χ4n) is 2.47. The molecule has 3 aromatic rings. The smallest absolute Gasteiger partial charge is 0.263 e. The van der Waals surface area contributed by atoms with Gasteiger partial charge in [-0.05, 0) is 42.8 Å². The number of para-hydroxylation sites is 3. The number of nitrogens with zero attached hydrogens (tertiary/aromatic N) is 1. The van der Waals surface area contributed by atoms with Crippen LogP contribution in [0.25, 0.3) is 0 Å². The van der Waals surface area contributed by atoms with Gasteiger partial charge in [0.15, 0.2) is 18.1 Å². The summed E-state index contributed by atoms with van der Waals surface area (Å²) in [5.74, 6) is 1.25. The van der Waals surface area contributed by atoms with Crippen LogP contribution >= 0.6 is 0 Å². The molecular formula is C21H21N3O3. The number of methoxy groups -OCH3 is 1. The van der Waals surface area contributed by atoms with E-state index in [1.54, 1.807) is 31.5 Å². The number of carbonyl (C=O) groups excluding carboxylic acids is 1. The number of carbonyl (C=O) groups is 1. The predicted molar refractivity (Wildman–Crippen MR) is 106 cm³/mol. The van der Waals surface area contributed by atoms with Gasteiger partial charge in [-0.15, -0.1) is 0 Å². The average molecular weight is 363 g/mol. The molecule has 6 heteroatoms. The van der Waals surface area contributed by atoms with E-state index in [2.05, 4.69) is 15.6 Å². The molecule has 0 radical (unpaired) electrons. The highest BCUT2D eigenvalue weighted by Gasteiger charge is 2.08. The largest absolute Gasteiger partial charge is 0.493 e. The fraction of sp³-hybridized carbons (Fsp3) is 0.143. The Hall–Kier alpha value is -3.54. The van der Waals surface area contributed by atoms with Crippen molar-refractivity contribution in [1.29, 1.82) is 0 Å². The minimum atomic E-state index is -0.298. The van der Waals surface area contributed by atoms with Gasteiger partial charge in [-0.1, -0.05) is 30.3 Å². The summed E-state index contributed by atoms with van der Waals surface area (Å²) in [7, 11) is 1.55. The highest BCUT2D eigenvalue weighted by molar-refractivity contribution is 5.91. The van der Waals surface area contributed by atoms with Crippen LogP contribution in [0, 0.1) is 6.92 Å². The summed E-state index contributed by atoms with van der Waals surface area (Å²) in [6.45, 7) is 1.90. The second kappa shape index (κ2) is 8.71. The second-order valence-electron chi connectivity index (χ2n) is 5.86. The normalized spacial score (nSPS) is 10.1. The molecule has 0 spiro atoms. The minimum absolute atomic E-state index is 0.134. The topological polar surface area (TPSA) is 72.5 Å². The first kappa shape index (κ1) is 18.3. The Labute approximate surface area is 158 Å². The molecule has 0 atom stereocenters. The maximum atomic E-state index is 12.1. The van der Waals surface area contributed by atoms with Crippen LogP contribution in [0.5, 0.6) is 11.5 Å². The van der Waals surface area contributed by atoms with E-state index in [-0.39, 0.29) is 12.5 Å². The van der Waals surface area contributed by atoms with E-state index in [9.17, 15) is 4.79 Å². The third-order valence-electron chi connectivity index (χ3n) is 3.88. The summed E-state index contributed by atoms with van der Waals surface area (Å²) < 4.78 is 10.7. The lowest BCUT2D eigenvalue weighted by atomic mass is 10.2. The van der Waals surface area contributed by atoms with Gasteiger partial charge >= 0.3 is 0 Å². The highest BCUT2D eigenvalue weighted by atomic mass is 16.5. The number of benzene rings is 2. The molecule has 0 saturated carbocycles. The Morgan fingerprint density at radius 3 is 2.44 bits per heavy atom. The number of ether oxygens (including phenoxy) is 2. The zero-order valence-electron chi connectivity index (χ0n) is 15.2. The molecular weight excluding hydrogens is 342 g/mol. The Bertz CT molecular complexity index is 911. The van der Waals surface area contributed by atoms with Crippen molar-refractivity contribution in [1.82, 2.24) is 4.98 Å². The van der Waals surface area contributed by atoms with Crippen molar-refractivity contribution in [2.75, 3.05) is 24.4 Å². The third kappa shape index (κ3) is 4.98. The third-order valence-corrected chi connectivity index (χ3v) is 3.88. The number of aromatic nitrogens is 1. The second-order valence-corrected chi connectivity index (χ2v) is 5.86. The van der Waals surface area contributed by atoms with Crippen molar-refractivity contribution in [2.45, 2.75) is 6.92 Å². The summed E-state index contributed by atoms with van der Waals surface area (Å²) in [5, 5.41) is 6.01. The SMILES string of the molecule is COc1ccccc1OCC(=O)Nc1ccc(Nc2ccccc2C)cn1. The number of aryl methyl sites for hydroxylation is 1. The van der Waals surface area contributed by atoms with Crippen molar-refractivity contribution in [3.63, 3.8) is 0 Å². The lowest BCUT2D eigenvalue weighted by molar-refractivity contribution is -0.118. The maximum Gasteiger partial charge on any atom is 0.263 e. The van der Waals surface area contributed by atoms with E-state index < -0.39 is 0 Å².